The van der Waals surface area contributed by atoms with E-state index in [1.165, 1.54) is 160 Å². The zero-order chi connectivity index (χ0) is 48.2. The van der Waals surface area contributed by atoms with Crippen molar-refractivity contribution in [3.8, 4) is 55.6 Å². The van der Waals surface area contributed by atoms with Crippen molar-refractivity contribution in [1.82, 2.24) is 0 Å². The van der Waals surface area contributed by atoms with Crippen LogP contribution in [0.2, 0.25) is 0 Å². The highest BCUT2D eigenvalue weighted by Crippen LogP contribution is 2.65. The van der Waals surface area contributed by atoms with Crippen LogP contribution in [-0.4, -0.2) is 0 Å². The molecule has 344 valence electrons. The SMILES string of the molecule is CC1=C(c2ccc3c4c(cccc24)-c2cc4c(-c5ccccc5C)c5c(c(-c6ccccc6C)c4cc2-3)C2=CC=C3c4ccc6c7c4=C(CCC=7c4cc(C(C)(C)C)ccc4-6)C4=CC=C5C2C43)C(C)CC=C1. The van der Waals surface area contributed by atoms with Gasteiger partial charge in [-0.05, 0) is 240 Å². The van der Waals surface area contributed by atoms with Crippen molar-refractivity contribution in [1.29, 1.82) is 0 Å². The topological polar surface area (TPSA) is 0 Å². The fraction of sp³-hybridized carbons (Fsp3) is 0.194. The highest BCUT2D eigenvalue weighted by Gasteiger charge is 2.49. The number of fused-ring (bicyclic) bond motifs is 12. The van der Waals surface area contributed by atoms with Crippen LogP contribution < -0.4 is 10.4 Å². The van der Waals surface area contributed by atoms with Crippen molar-refractivity contribution < 1.29 is 0 Å². The van der Waals surface area contributed by atoms with Crippen molar-refractivity contribution in [3.63, 3.8) is 0 Å². The van der Waals surface area contributed by atoms with Gasteiger partial charge >= 0.3 is 0 Å². The Morgan fingerprint density at radius 1 is 0.431 bits per heavy atom. The fourth-order valence-corrected chi connectivity index (χ4v) is 15.5. The summed E-state index contributed by atoms with van der Waals surface area (Å²) in [6.45, 7) is 16.4. The molecule has 0 heteroatoms. The van der Waals surface area contributed by atoms with E-state index in [1.54, 1.807) is 16.7 Å². The standard InChI is InChI=1S/C72H56/c1-37-14-8-10-18-42(37)64-60-35-58-46-21-13-20-45-48(62-39(3)16-12-17-40(62)4)25-28-53(63(45)46)59(58)36-61(60)65(43-19-11-9-15-38(43)2)71-56-32-30-51-49-26-24-47-44-23-22-41(72(5,6)7)34-57(44)54-29-27-50(67(49)66(47)54)52-31-33-55(70(64)71)69(56)68(51)52/h8-16,18-26,28,30-36,40,68-69H,17,27,29H2,1-7H3. The lowest BCUT2D eigenvalue weighted by atomic mass is 9.62. The summed E-state index contributed by atoms with van der Waals surface area (Å²) in [4.78, 5) is 0. The number of aryl methyl sites for hydroxylation is 2. The first kappa shape index (κ1) is 41.1. The summed E-state index contributed by atoms with van der Waals surface area (Å²) < 4.78 is 0. The molecular formula is C72H56. The molecule has 0 N–H and O–H groups in total. The monoisotopic (exact) mass is 920 g/mol. The van der Waals surface area contributed by atoms with Gasteiger partial charge in [0.05, 0.1) is 0 Å². The number of rotatable bonds is 3. The summed E-state index contributed by atoms with van der Waals surface area (Å²) in [5.41, 5.74) is 37.1. The number of hydrogen-bond donors (Lipinski definition) is 0. The van der Waals surface area contributed by atoms with Gasteiger partial charge in [0.25, 0.3) is 0 Å². The molecular weight excluding hydrogens is 865 g/mol. The Kier molecular flexibility index (Phi) is 8.06. The van der Waals surface area contributed by atoms with Crippen LogP contribution in [-0.2, 0) is 5.41 Å². The third-order valence-corrected chi connectivity index (χ3v) is 18.7. The van der Waals surface area contributed by atoms with Gasteiger partial charge in [-0.15, -0.1) is 0 Å². The van der Waals surface area contributed by atoms with E-state index in [2.05, 4.69) is 206 Å². The van der Waals surface area contributed by atoms with Gasteiger partial charge in [0, 0.05) is 11.8 Å². The van der Waals surface area contributed by atoms with E-state index < -0.39 is 0 Å². The predicted octanol–water partition coefficient (Wildman–Crippen LogP) is 17.4. The molecule has 0 spiro atoms. The van der Waals surface area contributed by atoms with Crippen molar-refractivity contribution >= 4 is 55.0 Å². The van der Waals surface area contributed by atoms with E-state index in [0.29, 0.717) is 5.92 Å². The van der Waals surface area contributed by atoms with Crippen LogP contribution in [0, 0.1) is 31.6 Å². The molecule has 8 aliphatic rings. The van der Waals surface area contributed by atoms with Crippen LogP contribution in [0.1, 0.15) is 98.4 Å². The lowest BCUT2D eigenvalue weighted by molar-refractivity contribution is 0.590. The van der Waals surface area contributed by atoms with E-state index in [9.17, 15) is 0 Å². The van der Waals surface area contributed by atoms with Crippen LogP contribution >= 0.6 is 0 Å². The molecule has 3 unspecified atom stereocenters. The number of benzene rings is 8. The summed E-state index contributed by atoms with van der Waals surface area (Å²) in [6.07, 6.45) is 18.2. The van der Waals surface area contributed by atoms with Gasteiger partial charge in [-0.3, -0.25) is 0 Å². The third-order valence-electron chi connectivity index (χ3n) is 18.7. The molecule has 8 aromatic rings. The third kappa shape index (κ3) is 5.13. The summed E-state index contributed by atoms with van der Waals surface area (Å²) in [7, 11) is 0. The van der Waals surface area contributed by atoms with E-state index in [4.69, 9.17) is 0 Å². The van der Waals surface area contributed by atoms with E-state index in [0.717, 1.165) is 19.3 Å². The minimum absolute atomic E-state index is 0.104. The van der Waals surface area contributed by atoms with E-state index in [-0.39, 0.29) is 17.3 Å². The molecule has 0 heterocycles. The first-order valence-corrected chi connectivity index (χ1v) is 26.7. The first-order chi connectivity index (χ1) is 35.0. The Balaban J connectivity index is 0.994. The minimum Gasteiger partial charge on any atom is -0.0837 e. The van der Waals surface area contributed by atoms with Crippen LogP contribution in [0.4, 0.5) is 0 Å². The van der Waals surface area contributed by atoms with Crippen molar-refractivity contribution in [2.24, 2.45) is 17.8 Å². The highest BCUT2D eigenvalue weighted by molar-refractivity contribution is 6.25. The average Bonchev–Trinajstić information content (AvgIpc) is 4.01. The molecule has 16 rings (SSSR count). The quantitative estimate of drug-likeness (QED) is 0.166. The van der Waals surface area contributed by atoms with Gasteiger partial charge in [0.15, 0.2) is 0 Å². The van der Waals surface area contributed by atoms with Crippen LogP contribution in [0.15, 0.2) is 169 Å². The van der Waals surface area contributed by atoms with Gasteiger partial charge in [0.2, 0.25) is 0 Å². The first-order valence-electron chi connectivity index (χ1n) is 26.7. The summed E-state index contributed by atoms with van der Waals surface area (Å²) in [5.74, 6) is 0.968. The summed E-state index contributed by atoms with van der Waals surface area (Å²) in [5, 5.41) is 8.50. The molecule has 72 heavy (non-hydrogen) atoms. The maximum Gasteiger partial charge on any atom is 0.0212 e. The molecule has 0 aliphatic heterocycles. The number of allylic oxidation sites excluding steroid dienone is 12. The normalized spacial score (nSPS) is 20.0. The number of hydrogen-bond acceptors (Lipinski definition) is 0. The Hall–Kier alpha value is -7.54. The molecule has 0 amide bonds. The van der Waals surface area contributed by atoms with Crippen LogP contribution in [0.5, 0.6) is 0 Å². The Morgan fingerprint density at radius 3 is 1.67 bits per heavy atom. The minimum atomic E-state index is 0.104. The molecule has 0 aromatic heterocycles. The molecule has 0 bridgehead atoms. The molecule has 0 saturated carbocycles. The Bertz CT molecular complexity index is 4300. The maximum atomic E-state index is 2.62. The molecule has 3 atom stereocenters. The van der Waals surface area contributed by atoms with Crippen molar-refractivity contribution in [2.45, 2.75) is 73.1 Å². The van der Waals surface area contributed by atoms with Gasteiger partial charge < -0.3 is 0 Å². The van der Waals surface area contributed by atoms with Gasteiger partial charge in [-0.1, -0.05) is 173 Å². The average molecular weight is 921 g/mol. The molecule has 0 fully saturated rings. The lowest BCUT2D eigenvalue weighted by Gasteiger charge is -2.41. The smallest absolute Gasteiger partial charge is 0.0212 e. The van der Waals surface area contributed by atoms with Crippen molar-refractivity contribution in [2.75, 3.05) is 0 Å². The second kappa shape index (κ2) is 14.1. The lowest BCUT2D eigenvalue weighted by Crippen LogP contribution is -2.41. The molecule has 0 nitrogen and oxygen atoms in total. The second-order valence-electron chi connectivity index (χ2n) is 23.4. The van der Waals surface area contributed by atoms with Crippen LogP contribution in [0.25, 0.3) is 111 Å². The van der Waals surface area contributed by atoms with Crippen molar-refractivity contribution in [3.05, 3.63) is 224 Å². The zero-order valence-corrected chi connectivity index (χ0v) is 42.4. The van der Waals surface area contributed by atoms with Crippen LogP contribution in [0.3, 0.4) is 0 Å². The summed E-state index contributed by atoms with van der Waals surface area (Å²) in [6, 6.07) is 47.9. The van der Waals surface area contributed by atoms with E-state index in [1.807, 2.05) is 0 Å². The van der Waals surface area contributed by atoms with Gasteiger partial charge in [-0.2, -0.15) is 0 Å². The second-order valence-corrected chi connectivity index (χ2v) is 23.4. The maximum absolute atomic E-state index is 2.62. The molecule has 0 saturated heterocycles. The fourth-order valence-electron chi connectivity index (χ4n) is 15.5. The van der Waals surface area contributed by atoms with E-state index >= 15 is 0 Å². The van der Waals surface area contributed by atoms with Gasteiger partial charge in [-0.25, -0.2) is 0 Å². The predicted molar refractivity (Wildman–Crippen MR) is 306 cm³/mol. The summed E-state index contributed by atoms with van der Waals surface area (Å²) >= 11 is 0. The molecule has 8 aliphatic carbocycles. The molecule has 8 aromatic carbocycles. The largest absolute Gasteiger partial charge is 0.0837 e. The Morgan fingerprint density at radius 2 is 0.986 bits per heavy atom. The zero-order valence-electron chi connectivity index (χ0n) is 42.4. The Labute approximate surface area is 423 Å². The highest BCUT2D eigenvalue weighted by atomic mass is 14.5. The van der Waals surface area contributed by atoms with Gasteiger partial charge in [0.1, 0.15) is 0 Å². The molecule has 0 radical (unpaired) electrons.